The Morgan fingerprint density at radius 1 is 1.58 bits per heavy atom. The highest BCUT2D eigenvalue weighted by atomic mass is 16.6. The Labute approximate surface area is 71.5 Å². The van der Waals surface area contributed by atoms with E-state index in [0.717, 1.165) is 4.90 Å². The number of hydrogen-bond acceptors (Lipinski definition) is 3. The molecule has 0 aliphatic carbocycles. The minimum Gasteiger partial charge on any atom is -0.441 e. The third-order valence-corrected chi connectivity index (χ3v) is 2.28. The van der Waals surface area contributed by atoms with Gasteiger partial charge in [0.1, 0.15) is 5.60 Å². The second-order valence-electron chi connectivity index (χ2n) is 3.54. The number of ether oxygens (including phenoxy) is 1. The molecule has 0 saturated carbocycles. The maximum atomic E-state index is 11.1. The van der Waals surface area contributed by atoms with Crippen LogP contribution >= 0.6 is 0 Å². The van der Waals surface area contributed by atoms with Gasteiger partial charge in [-0.1, -0.05) is 0 Å². The number of imide groups is 1. The quantitative estimate of drug-likeness (QED) is 0.549. The van der Waals surface area contributed by atoms with Crippen molar-refractivity contribution < 1.29 is 14.3 Å². The molecule has 68 valence electrons. The number of cyclic esters (lactones) is 1. The van der Waals surface area contributed by atoms with Gasteiger partial charge >= 0.3 is 6.09 Å². The SMILES string of the molecule is CC(=O)N1C(=O)OC(C)(C)[C@H]1C. The molecule has 0 N–H and O–H groups in total. The number of rotatable bonds is 0. The van der Waals surface area contributed by atoms with Crippen LogP contribution in [0.1, 0.15) is 27.7 Å². The van der Waals surface area contributed by atoms with Crippen molar-refractivity contribution in [2.75, 3.05) is 0 Å². The lowest BCUT2D eigenvalue weighted by molar-refractivity contribution is -0.127. The summed E-state index contributed by atoms with van der Waals surface area (Å²) in [7, 11) is 0. The Bertz CT molecular complexity index is 234. The molecule has 0 aromatic carbocycles. The molecule has 1 aliphatic heterocycles. The van der Waals surface area contributed by atoms with Crippen LogP contribution in [0.15, 0.2) is 0 Å². The molecule has 2 amide bonds. The zero-order valence-electron chi connectivity index (χ0n) is 7.75. The smallest absolute Gasteiger partial charge is 0.417 e. The predicted molar refractivity (Wildman–Crippen MR) is 42.5 cm³/mol. The summed E-state index contributed by atoms with van der Waals surface area (Å²) < 4.78 is 5.00. The summed E-state index contributed by atoms with van der Waals surface area (Å²) >= 11 is 0. The van der Waals surface area contributed by atoms with Crippen molar-refractivity contribution in [2.45, 2.75) is 39.3 Å². The zero-order valence-corrected chi connectivity index (χ0v) is 7.75. The number of carbonyl (C=O) groups is 2. The fourth-order valence-corrected chi connectivity index (χ4v) is 1.23. The van der Waals surface area contributed by atoms with Gasteiger partial charge in [-0.25, -0.2) is 9.69 Å². The Balaban J connectivity index is 2.92. The third-order valence-electron chi connectivity index (χ3n) is 2.28. The molecular formula is C8H13NO3. The number of hydrogen-bond donors (Lipinski definition) is 0. The summed E-state index contributed by atoms with van der Waals surface area (Å²) in [5, 5.41) is 0. The van der Waals surface area contributed by atoms with E-state index in [9.17, 15) is 9.59 Å². The standard InChI is InChI=1S/C8H13NO3/c1-5-8(3,4)12-7(11)9(5)6(2)10/h5H,1-4H3/t5-/m1/s1. The van der Waals surface area contributed by atoms with Crippen LogP contribution in [0.2, 0.25) is 0 Å². The molecule has 0 aromatic rings. The highest BCUT2D eigenvalue weighted by Crippen LogP contribution is 2.28. The van der Waals surface area contributed by atoms with Crippen LogP contribution in [0.3, 0.4) is 0 Å². The predicted octanol–water partition coefficient (Wildman–Crippen LogP) is 1.15. The number of nitrogens with zero attached hydrogens (tertiary/aromatic N) is 1. The van der Waals surface area contributed by atoms with Gasteiger partial charge in [-0.2, -0.15) is 0 Å². The Hall–Kier alpha value is -1.06. The summed E-state index contributed by atoms with van der Waals surface area (Å²) in [5.41, 5.74) is -0.567. The number of amides is 2. The van der Waals surface area contributed by atoms with E-state index in [4.69, 9.17) is 4.74 Å². The zero-order chi connectivity index (χ0) is 9.52. The van der Waals surface area contributed by atoms with Crippen LogP contribution in [-0.4, -0.2) is 28.5 Å². The summed E-state index contributed by atoms with van der Waals surface area (Å²) in [5.74, 6) is -0.266. The van der Waals surface area contributed by atoms with Crippen molar-refractivity contribution in [2.24, 2.45) is 0 Å². The summed E-state index contributed by atoms with van der Waals surface area (Å²) in [6.07, 6.45) is -0.542. The van der Waals surface area contributed by atoms with Crippen molar-refractivity contribution in [1.82, 2.24) is 4.90 Å². The fourth-order valence-electron chi connectivity index (χ4n) is 1.23. The van der Waals surface area contributed by atoms with Gasteiger partial charge in [0.25, 0.3) is 0 Å². The molecule has 0 bridgehead atoms. The van der Waals surface area contributed by atoms with Gasteiger partial charge in [0.15, 0.2) is 0 Å². The normalized spacial score (nSPS) is 27.2. The van der Waals surface area contributed by atoms with E-state index in [-0.39, 0.29) is 11.9 Å². The monoisotopic (exact) mass is 171 g/mol. The molecule has 1 heterocycles. The maximum absolute atomic E-state index is 11.1. The molecule has 1 aliphatic rings. The van der Waals surface area contributed by atoms with E-state index >= 15 is 0 Å². The minimum absolute atomic E-state index is 0.192. The molecule has 0 unspecified atom stereocenters. The largest absolute Gasteiger partial charge is 0.441 e. The van der Waals surface area contributed by atoms with E-state index in [1.165, 1.54) is 6.92 Å². The Morgan fingerprint density at radius 2 is 2.08 bits per heavy atom. The van der Waals surface area contributed by atoms with Gasteiger partial charge in [0.2, 0.25) is 5.91 Å². The first kappa shape index (κ1) is 9.03. The van der Waals surface area contributed by atoms with Crippen LogP contribution in [0.5, 0.6) is 0 Å². The molecule has 0 spiro atoms. The first-order valence-electron chi connectivity index (χ1n) is 3.89. The van der Waals surface area contributed by atoms with Crippen LogP contribution in [0.25, 0.3) is 0 Å². The van der Waals surface area contributed by atoms with E-state index in [0.29, 0.717) is 0 Å². The Morgan fingerprint density at radius 3 is 2.25 bits per heavy atom. The average Bonchev–Trinajstić information content (AvgIpc) is 2.02. The van der Waals surface area contributed by atoms with E-state index in [1.54, 1.807) is 20.8 Å². The van der Waals surface area contributed by atoms with Gasteiger partial charge in [-0.05, 0) is 20.8 Å². The first-order valence-corrected chi connectivity index (χ1v) is 3.89. The van der Waals surface area contributed by atoms with Crippen LogP contribution in [0.4, 0.5) is 4.79 Å². The van der Waals surface area contributed by atoms with Gasteiger partial charge in [-0.3, -0.25) is 4.79 Å². The van der Waals surface area contributed by atoms with Crippen molar-refractivity contribution in [3.8, 4) is 0 Å². The van der Waals surface area contributed by atoms with E-state index < -0.39 is 11.7 Å². The minimum atomic E-state index is -0.567. The van der Waals surface area contributed by atoms with Crippen LogP contribution in [0, 0.1) is 0 Å². The molecule has 0 aromatic heterocycles. The van der Waals surface area contributed by atoms with Crippen LogP contribution in [-0.2, 0) is 9.53 Å². The second kappa shape index (κ2) is 2.47. The summed E-state index contributed by atoms with van der Waals surface area (Å²) in [6, 6.07) is -0.192. The molecule has 0 radical (unpaired) electrons. The van der Waals surface area contributed by atoms with Crippen molar-refractivity contribution in [3.63, 3.8) is 0 Å². The fraction of sp³-hybridized carbons (Fsp3) is 0.750. The summed E-state index contributed by atoms with van der Waals surface area (Å²) in [6.45, 7) is 6.74. The molecule has 4 nitrogen and oxygen atoms in total. The lowest BCUT2D eigenvalue weighted by Crippen LogP contribution is -2.41. The molecular weight excluding hydrogens is 158 g/mol. The van der Waals surface area contributed by atoms with Gasteiger partial charge in [-0.15, -0.1) is 0 Å². The molecule has 1 rings (SSSR count). The summed E-state index contributed by atoms with van der Waals surface area (Å²) in [4.78, 5) is 23.2. The third kappa shape index (κ3) is 1.17. The Kier molecular flexibility index (Phi) is 1.86. The van der Waals surface area contributed by atoms with Crippen molar-refractivity contribution in [3.05, 3.63) is 0 Å². The van der Waals surface area contributed by atoms with Crippen LogP contribution < -0.4 is 0 Å². The average molecular weight is 171 g/mol. The molecule has 1 saturated heterocycles. The molecule has 4 heteroatoms. The van der Waals surface area contributed by atoms with Gasteiger partial charge in [0, 0.05) is 6.92 Å². The first-order chi connectivity index (χ1) is 5.36. The lowest BCUT2D eigenvalue weighted by atomic mass is 10.0. The van der Waals surface area contributed by atoms with Gasteiger partial charge in [0.05, 0.1) is 6.04 Å². The number of carbonyl (C=O) groups excluding carboxylic acids is 2. The molecule has 1 atom stereocenters. The second-order valence-corrected chi connectivity index (χ2v) is 3.54. The van der Waals surface area contributed by atoms with E-state index in [2.05, 4.69) is 0 Å². The van der Waals surface area contributed by atoms with E-state index in [1.807, 2.05) is 0 Å². The van der Waals surface area contributed by atoms with Crippen molar-refractivity contribution in [1.29, 1.82) is 0 Å². The molecule has 12 heavy (non-hydrogen) atoms. The highest BCUT2D eigenvalue weighted by molar-refractivity contribution is 5.92. The topological polar surface area (TPSA) is 46.6 Å². The highest BCUT2D eigenvalue weighted by Gasteiger charge is 2.46. The molecule has 1 fully saturated rings. The maximum Gasteiger partial charge on any atom is 0.417 e. The van der Waals surface area contributed by atoms with Crippen molar-refractivity contribution >= 4 is 12.0 Å². The van der Waals surface area contributed by atoms with Gasteiger partial charge < -0.3 is 4.74 Å². The lowest BCUT2D eigenvalue weighted by Gasteiger charge is -2.22.